The highest BCUT2D eigenvalue weighted by atomic mass is 32.1. The van der Waals surface area contributed by atoms with E-state index >= 15 is 0 Å². The maximum Gasteiger partial charge on any atom is 0.0813 e. The largest absolute Gasteiger partial charge is 0.373 e. The van der Waals surface area contributed by atoms with Crippen LogP contribution in [0.5, 0.6) is 0 Å². The fourth-order valence-electron chi connectivity index (χ4n) is 2.57. The van der Waals surface area contributed by atoms with Crippen molar-refractivity contribution in [2.24, 2.45) is 11.7 Å². The molecule has 3 heteroatoms. The zero-order valence-electron chi connectivity index (χ0n) is 10.7. The predicted octanol–water partition coefficient (Wildman–Crippen LogP) is 3.69. The van der Waals surface area contributed by atoms with Crippen LogP contribution in [0.2, 0.25) is 0 Å². The van der Waals surface area contributed by atoms with E-state index in [9.17, 15) is 0 Å². The van der Waals surface area contributed by atoms with Crippen molar-refractivity contribution in [3.05, 3.63) is 21.9 Å². The van der Waals surface area contributed by atoms with Crippen LogP contribution in [0.15, 0.2) is 12.1 Å². The lowest BCUT2D eigenvalue weighted by atomic mass is 9.85. The number of hydrogen-bond acceptors (Lipinski definition) is 3. The van der Waals surface area contributed by atoms with Gasteiger partial charge in [-0.25, -0.2) is 0 Å². The molecule has 1 aromatic rings. The molecule has 2 N–H and O–H groups in total. The van der Waals surface area contributed by atoms with Crippen LogP contribution >= 0.6 is 11.3 Å². The van der Waals surface area contributed by atoms with E-state index in [-0.39, 0.29) is 0 Å². The van der Waals surface area contributed by atoms with E-state index in [2.05, 4.69) is 19.1 Å². The van der Waals surface area contributed by atoms with Crippen molar-refractivity contribution in [3.8, 4) is 0 Å². The van der Waals surface area contributed by atoms with Gasteiger partial charge in [0.15, 0.2) is 0 Å². The van der Waals surface area contributed by atoms with Crippen molar-refractivity contribution in [2.45, 2.75) is 58.3 Å². The Morgan fingerprint density at radius 3 is 2.88 bits per heavy atom. The Kier molecular flexibility index (Phi) is 5.01. The summed E-state index contributed by atoms with van der Waals surface area (Å²) in [4.78, 5) is 2.56. The summed E-state index contributed by atoms with van der Waals surface area (Å²) in [6, 6.07) is 4.26. The van der Waals surface area contributed by atoms with Crippen molar-refractivity contribution in [1.82, 2.24) is 0 Å². The number of thiophene rings is 1. The van der Waals surface area contributed by atoms with Crippen LogP contribution in [0, 0.1) is 5.92 Å². The van der Waals surface area contributed by atoms with Crippen LogP contribution in [-0.2, 0) is 17.9 Å². The molecule has 0 spiro atoms. The van der Waals surface area contributed by atoms with E-state index in [1.54, 1.807) is 11.3 Å². The van der Waals surface area contributed by atoms with E-state index in [4.69, 9.17) is 10.5 Å². The Morgan fingerprint density at radius 2 is 2.18 bits per heavy atom. The second-order valence-electron chi connectivity index (χ2n) is 4.95. The van der Waals surface area contributed by atoms with Gasteiger partial charge in [-0.2, -0.15) is 0 Å². The molecule has 0 amide bonds. The highest BCUT2D eigenvalue weighted by molar-refractivity contribution is 7.11. The minimum absolute atomic E-state index is 0.483. The van der Waals surface area contributed by atoms with E-state index in [0.717, 1.165) is 12.5 Å². The molecule has 0 aromatic carbocycles. The minimum atomic E-state index is 0.483. The topological polar surface area (TPSA) is 35.2 Å². The van der Waals surface area contributed by atoms with Crippen LogP contribution in [0.25, 0.3) is 0 Å². The number of ether oxygens (including phenoxy) is 1. The Hall–Kier alpha value is -0.380. The SMILES string of the molecule is CCC1CCCC(OCc2ccc(CN)s2)C1. The second-order valence-corrected chi connectivity index (χ2v) is 6.20. The predicted molar refractivity (Wildman–Crippen MR) is 73.0 cm³/mol. The van der Waals surface area contributed by atoms with Gasteiger partial charge in [-0.3, -0.25) is 0 Å². The van der Waals surface area contributed by atoms with E-state index < -0.39 is 0 Å². The summed E-state index contributed by atoms with van der Waals surface area (Å²) in [6.07, 6.45) is 7.01. The van der Waals surface area contributed by atoms with Gasteiger partial charge < -0.3 is 10.5 Å². The molecule has 1 aromatic heterocycles. The first kappa shape index (κ1) is 13.1. The summed E-state index contributed by atoms with van der Waals surface area (Å²) < 4.78 is 6.03. The molecule has 1 heterocycles. The minimum Gasteiger partial charge on any atom is -0.373 e. The van der Waals surface area contributed by atoms with Crippen molar-refractivity contribution >= 4 is 11.3 Å². The van der Waals surface area contributed by atoms with E-state index in [0.29, 0.717) is 12.6 Å². The van der Waals surface area contributed by atoms with Gasteiger partial charge in [-0.15, -0.1) is 11.3 Å². The van der Waals surface area contributed by atoms with Gasteiger partial charge in [0.05, 0.1) is 12.7 Å². The summed E-state index contributed by atoms with van der Waals surface area (Å²) in [7, 11) is 0. The zero-order chi connectivity index (χ0) is 12.1. The third-order valence-corrected chi connectivity index (χ3v) is 4.77. The van der Waals surface area contributed by atoms with Crippen LogP contribution in [-0.4, -0.2) is 6.10 Å². The van der Waals surface area contributed by atoms with Crippen LogP contribution < -0.4 is 5.73 Å². The molecule has 1 fully saturated rings. The molecule has 17 heavy (non-hydrogen) atoms. The van der Waals surface area contributed by atoms with E-state index in [1.807, 2.05) is 0 Å². The first-order chi connectivity index (χ1) is 8.31. The smallest absolute Gasteiger partial charge is 0.0813 e. The fourth-order valence-corrected chi connectivity index (χ4v) is 3.39. The normalized spacial score (nSPS) is 25.1. The summed E-state index contributed by atoms with van der Waals surface area (Å²) in [6.45, 7) is 3.71. The molecular weight excluding hydrogens is 230 g/mol. The fraction of sp³-hybridized carbons (Fsp3) is 0.714. The van der Waals surface area contributed by atoms with Gasteiger partial charge >= 0.3 is 0 Å². The summed E-state index contributed by atoms with van der Waals surface area (Å²) >= 11 is 1.78. The quantitative estimate of drug-likeness (QED) is 0.868. The van der Waals surface area contributed by atoms with Gasteiger partial charge in [0, 0.05) is 16.3 Å². The standard InChI is InChI=1S/C14H23NOS/c1-2-11-4-3-5-12(8-11)16-10-14-7-6-13(9-15)17-14/h6-7,11-12H,2-5,8-10,15H2,1H3. The monoisotopic (exact) mass is 253 g/mol. The molecule has 0 bridgehead atoms. The molecule has 0 aliphatic heterocycles. The highest BCUT2D eigenvalue weighted by Crippen LogP contribution is 2.29. The molecule has 2 unspecified atom stereocenters. The molecular formula is C14H23NOS. The van der Waals surface area contributed by atoms with Gasteiger partial charge in [-0.05, 0) is 30.9 Å². The molecule has 2 rings (SSSR count). The van der Waals surface area contributed by atoms with Gasteiger partial charge in [0.1, 0.15) is 0 Å². The van der Waals surface area contributed by atoms with Crippen LogP contribution in [0.3, 0.4) is 0 Å². The maximum absolute atomic E-state index is 6.03. The first-order valence-electron chi connectivity index (χ1n) is 6.71. The summed E-state index contributed by atoms with van der Waals surface area (Å²) in [5.74, 6) is 0.886. The lowest BCUT2D eigenvalue weighted by molar-refractivity contribution is 0.00298. The zero-order valence-corrected chi connectivity index (χ0v) is 11.5. The Balaban J connectivity index is 1.77. The first-order valence-corrected chi connectivity index (χ1v) is 7.52. The summed E-state index contributed by atoms with van der Waals surface area (Å²) in [5.41, 5.74) is 5.61. The molecule has 1 aliphatic carbocycles. The lowest BCUT2D eigenvalue weighted by Gasteiger charge is -2.28. The Bertz CT molecular complexity index is 337. The maximum atomic E-state index is 6.03. The Morgan fingerprint density at radius 1 is 1.35 bits per heavy atom. The molecule has 2 atom stereocenters. The van der Waals surface area contributed by atoms with Crippen molar-refractivity contribution in [3.63, 3.8) is 0 Å². The van der Waals surface area contributed by atoms with Gasteiger partial charge in [-0.1, -0.05) is 26.2 Å². The average molecular weight is 253 g/mol. The number of hydrogen-bond donors (Lipinski definition) is 1. The molecule has 1 saturated carbocycles. The van der Waals surface area contributed by atoms with Crippen LogP contribution in [0.4, 0.5) is 0 Å². The number of nitrogens with two attached hydrogens (primary N) is 1. The van der Waals surface area contributed by atoms with Crippen molar-refractivity contribution in [2.75, 3.05) is 0 Å². The third-order valence-electron chi connectivity index (χ3n) is 3.69. The van der Waals surface area contributed by atoms with Gasteiger partial charge in [0.2, 0.25) is 0 Å². The van der Waals surface area contributed by atoms with Gasteiger partial charge in [0.25, 0.3) is 0 Å². The second kappa shape index (κ2) is 6.53. The third kappa shape index (κ3) is 3.80. The average Bonchev–Trinajstić information content (AvgIpc) is 2.84. The summed E-state index contributed by atoms with van der Waals surface area (Å²) in [5, 5.41) is 0. The van der Waals surface area contributed by atoms with Crippen molar-refractivity contribution in [1.29, 1.82) is 0 Å². The van der Waals surface area contributed by atoms with Crippen molar-refractivity contribution < 1.29 is 4.74 Å². The molecule has 1 aliphatic rings. The lowest BCUT2D eigenvalue weighted by Crippen LogP contribution is -2.22. The number of rotatable bonds is 5. The molecule has 0 radical (unpaired) electrons. The Labute approximate surface area is 108 Å². The van der Waals surface area contributed by atoms with Crippen LogP contribution in [0.1, 0.15) is 48.8 Å². The van der Waals surface area contributed by atoms with E-state index in [1.165, 1.54) is 41.9 Å². The molecule has 2 nitrogen and oxygen atoms in total. The highest BCUT2D eigenvalue weighted by Gasteiger charge is 2.21. The molecule has 96 valence electrons. The molecule has 0 saturated heterocycles.